The molecule has 7 heteroatoms. The van der Waals surface area contributed by atoms with Gasteiger partial charge in [0, 0.05) is 6.54 Å². The van der Waals surface area contributed by atoms with Crippen LogP contribution in [0.3, 0.4) is 0 Å². The Labute approximate surface area is 203 Å². The number of unbranched alkanes of at least 4 members (excludes halogenated alkanes) is 13. The molecule has 0 bridgehead atoms. The van der Waals surface area contributed by atoms with Crippen LogP contribution in [0.4, 0.5) is 4.79 Å². The van der Waals surface area contributed by atoms with E-state index in [0.717, 1.165) is 25.7 Å². The summed E-state index contributed by atoms with van der Waals surface area (Å²) in [6.45, 7) is 3.42. The number of hydrogen-bond donors (Lipinski definition) is 4. The lowest BCUT2D eigenvalue weighted by molar-refractivity contribution is -0.123. The number of carboxylic acid groups (broad SMARTS) is 1. The summed E-state index contributed by atoms with van der Waals surface area (Å²) in [5.41, 5.74) is 5.46. The third kappa shape index (κ3) is 23.4. The number of carbonyl (C=O) groups excluding carboxylic acids is 1. The van der Waals surface area contributed by atoms with Gasteiger partial charge >= 0.3 is 6.09 Å². The zero-order valence-corrected chi connectivity index (χ0v) is 21.2. The van der Waals surface area contributed by atoms with Crippen LogP contribution in [-0.4, -0.2) is 36.2 Å². The van der Waals surface area contributed by atoms with Gasteiger partial charge < -0.3 is 21.5 Å². The maximum absolute atomic E-state index is 12.2. The summed E-state index contributed by atoms with van der Waals surface area (Å²) in [7, 11) is 0. The topological polar surface area (TPSA) is 104 Å². The average Bonchev–Trinajstić information content (AvgIpc) is 2.75. The number of carbonyl (C=O) groups is 2. The second kappa shape index (κ2) is 26.0. The molecule has 190 valence electrons. The van der Waals surface area contributed by atoms with E-state index in [1.54, 1.807) is 0 Å². The zero-order valence-electron chi connectivity index (χ0n) is 20.4. The number of rotatable bonds is 22. The summed E-state index contributed by atoms with van der Waals surface area (Å²) >= 11 is 0. The summed E-state index contributed by atoms with van der Waals surface area (Å²) in [6.07, 6.45) is 23.1. The second-order valence-electron chi connectivity index (χ2n) is 8.52. The van der Waals surface area contributed by atoms with Crippen molar-refractivity contribution < 1.29 is 14.7 Å². The third-order valence-corrected chi connectivity index (χ3v) is 5.55. The van der Waals surface area contributed by atoms with Gasteiger partial charge in [-0.15, -0.1) is 12.4 Å². The SMILES string of the molecule is CCCCCCCC/C=C\CCCCCCCCNC(=O)[C@@H](CCCCN)NC(=O)O.Cl. The smallest absolute Gasteiger partial charge is 0.405 e. The van der Waals surface area contributed by atoms with Gasteiger partial charge in [-0.05, 0) is 57.9 Å². The highest BCUT2D eigenvalue weighted by Crippen LogP contribution is 2.10. The summed E-state index contributed by atoms with van der Waals surface area (Å²) < 4.78 is 0. The van der Waals surface area contributed by atoms with Gasteiger partial charge in [0.05, 0.1) is 0 Å². The molecule has 0 radical (unpaired) electrons. The molecule has 0 rings (SSSR count). The number of nitrogens with two attached hydrogens (primary N) is 1. The molecule has 0 saturated heterocycles. The molecule has 0 fully saturated rings. The summed E-state index contributed by atoms with van der Waals surface area (Å²) in [5, 5.41) is 14.1. The van der Waals surface area contributed by atoms with Gasteiger partial charge in [0.2, 0.25) is 5.91 Å². The highest BCUT2D eigenvalue weighted by atomic mass is 35.5. The van der Waals surface area contributed by atoms with Crippen LogP contribution in [0.25, 0.3) is 0 Å². The van der Waals surface area contributed by atoms with E-state index in [0.29, 0.717) is 19.5 Å². The van der Waals surface area contributed by atoms with Crippen LogP contribution in [0.5, 0.6) is 0 Å². The van der Waals surface area contributed by atoms with Gasteiger partial charge in [-0.2, -0.15) is 0 Å². The maximum Gasteiger partial charge on any atom is 0.405 e. The van der Waals surface area contributed by atoms with E-state index in [-0.39, 0.29) is 18.3 Å². The predicted molar refractivity (Wildman–Crippen MR) is 138 cm³/mol. The minimum Gasteiger partial charge on any atom is -0.465 e. The first-order chi connectivity index (χ1) is 15.1. The van der Waals surface area contributed by atoms with Crippen molar-refractivity contribution in [1.29, 1.82) is 0 Å². The molecule has 0 saturated carbocycles. The monoisotopic (exact) mass is 475 g/mol. The lowest BCUT2D eigenvalue weighted by Crippen LogP contribution is -2.46. The van der Waals surface area contributed by atoms with Gasteiger partial charge in [-0.1, -0.05) is 76.9 Å². The first kappa shape index (κ1) is 32.9. The number of hydrogen-bond acceptors (Lipinski definition) is 3. The maximum atomic E-state index is 12.2. The molecule has 2 amide bonds. The first-order valence-electron chi connectivity index (χ1n) is 12.7. The normalized spacial score (nSPS) is 11.8. The quantitative estimate of drug-likeness (QED) is 0.108. The molecule has 5 N–H and O–H groups in total. The van der Waals surface area contributed by atoms with Crippen LogP contribution in [0.2, 0.25) is 0 Å². The molecular formula is C25H50ClN3O3. The molecule has 0 unspecified atom stereocenters. The second-order valence-corrected chi connectivity index (χ2v) is 8.52. The van der Waals surface area contributed by atoms with Gasteiger partial charge in [0.15, 0.2) is 0 Å². The molecule has 0 aromatic heterocycles. The molecule has 1 atom stereocenters. The van der Waals surface area contributed by atoms with Gasteiger partial charge in [-0.25, -0.2) is 4.79 Å². The lowest BCUT2D eigenvalue weighted by atomic mass is 10.1. The average molecular weight is 476 g/mol. The van der Waals surface area contributed by atoms with Crippen molar-refractivity contribution in [2.45, 2.75) is 122 Å². The van der Waals surface area contributed by atoms with Crippen LogP contribution >= 0.6 is 12.4 Å². The van der Waals surface area contributed by atoms with Crippen molar-refractivity contribution >= 4 is 24.4 Å². The summed E-state index contributed by atoms with van der Waals surface area (Å²) in [4.78, 5) is 23.0. The highest BCUT2D eigenvalue weighted by molar-refractivity contribution is 5.85. The molecule has 0 aliphatic rings. The third-order valence-electron chi connectivity index (χ3n) is 5.55. The molecule has 0 aliphatic carbocycles. The zero-order chi connectivity index (χ0) is 23.0. The van der Waals surface area contributed by atoms with Gasteiger partial charge in [0.25, 0.3) is 0 Å². The number of allylic oxidation sites excluding steroid dienone is 2. The van der Waals surface area contributed by atoms with Crippen molar-refractivity contribution in [1.82, 2.24) is 10.6 Å². The van der Waals surface area contributed by atoms with Crippen molar-refractivity contribution in [2.24, 2.45) is 5.73 Å². The molecule has 0 aromatic carbocycles. The Morgan fingerprint density at radius 1 is 0.812 bits per heavy atom. The molecule has 0 aromatic rings. The van der Waals surface area contributed by atoms with E-state index in [1.165, 1.54) is 77.0 Å². The van der Waals surface area contributed by atoms with Gasteiger partial charge in [-0.3, -0.25) is 4.79 Å². The molecule has 0 heterocycles. The van der Waals surface area contributed by atoms with Crippen LogP contribution in [0.1, 0.15) is 116 Å². The van der Waals surface area contributed by atoms with Crippen LogP contribution < -0.4 is 16.4 Å². The largest absolute Gasteiger partial charge is 0.465 e. The van der Waals surface area contributed by atoms with E-state index in [1.807, 2.05) is 0 Å². The van der Waals surface area contributed by atoms with Gasteiger partial charge in [0.1, 0.15) is 6.04 Å². The van der Waals surface area contributed by atoms with Crippen molar-refractivity contribution in [2.75, 3.05) is 13.1 Å². The van der Waals surface area contributed by atoms with E-state index in [9.17, 15) is 9.59 Å². The van der Waals surface area contributed by atoms with E-state index >= 15 is 0 Å². The fourth-order valence-electron chi connectivity index (χ4n) is 3.62. The molecule has 6 nitrogen and oxygen atoms in total. The molecule has 32 heavy (non-hydrogen) atoms. The number of nitrogens with one attached hydrogen (secondary N) is 2. The predicted octanol–water partition coefficient (Wildman–Crippen LogP) is 6.33. The van der Waals surface area contributed by atoms with Crippen molar-refractivity contribution in [3.63, 3.8) is 0 Å². The minimum atomic E-state index is -1.16. The molecule has 0 spiro atoms. The Bertz CT molecular complexity index is 462. The Kier molecular flexibility index (Phi) is 26.7. The van der Waals surface area contributed by atoms with Crippen molar-refractivity contribution in [3.8, 4) is 0 Å². The molecular weight excluding hydrogens is 426 g/mol. The van der Waals surface area contributed by atoms with E-state index < -0.39 is 12.1 Å². The van der Waals surface area contributed by atoms with E-state index in [2.05, 4.69) is 29.7 Å². The Hall–Kier alpha value is -1.27. The lowest BCUT2D eigenvalue weighted by Gasteiger charge is -2.16. The Balaban J connectivity index is 0. The standard InChI is InChI=1S/C25H49N3O3.ClH/c1-2-3-4-5-6-7-8-9-10-11-12-13-14-15-16-19-22-27-24(29)23(28-25(30)31)20-17-18-21-26;/h9-10,23,28H,2-8,11-22,26H2,1H3,(H,27,29)(H,30,31);1H/b10-9-;/t23-;/m1./s1. The number of amides is 2. The first-order valence-corrected chi connectivity index (χ1v) is 12.7. The fourth-order valence-corrected chi connectivity index (χ4v) is 3.62. The van der Waals surface area contributed by atoms with E-state index in [4.69, 9.17) is 10.8 Å². The summed E-state index contributed by atoms with van der Waals surface area (Å²) in [6, 6.07) is -0.682. The number of halogens is 1. The summed E-state index contributed by atoms with van der Waals surface area (Å²) in [5.74, 6) is -0.229. The Morgan fingerprint density at radius 2 is 1.34 bits per heavy atom. The van der Waals surface area contributed by atoms with Crippen molar-refractivity contribution in [3.05, 3.63) is 12.2 Å². The fraction of sp³-hybridized carbons (Fsp3) is 0.840. The van der Waals surface area contributed by atoms with Crippen LogP contribution in [-0.2, 0) is 4.79 Å². The Morgan fingerprint density at radius 3 is 1.88 bits per heavy atom. The highest BCUT2D eigenvalue weighted by Gasteiger charge is 2.19. The van der Waals surface area contributed by atoms with Crippen LogP contribution in [0.15, 0.2) is 12.2 Å². The minimum absolute atomic E-state index is 0. The van der Waals surface area contributed by atoms with Crippen LogP contribution in [0, 0.1) is 0 Å². The molecule has 0 aliphatic heterocycles.